The van der Waals surface area contributed by atoms with Gasteiger partial charge in [-0.15, -0.1) is 0 Å². The van der Waals surface area contributed by atoms with E-state index in [1.807, 2.05) is 19.1 Å². The van der Waals surface area contributed by atoms with Crippen LogP contribution in [0.2, 0.25) is 0 Å². The number of aliphatic hydroxyl groups is 1. The minimum absolute atomic E-state index is 0.148. The number of benzene rings is 2. The molecular weight excluding hydrogens is 354 g/mol. The molecule has 2 rings (SSSR count). The molecule has 0 aromatic heterocycles. The number of aryl methyl sites for hydroxylation is 3. The average molecular weight is 379 g/mol. The molecule has 1 atom stereocenters. The van der Waals surface area contributed by atoms with Gasteiger partial charge in [0.25, 0.3) is 0 Å². The Kier molecular flexibility index (Phi) is 6.28. The van der Waals surface area contributed by atoms with E-state index >= 15 is 0 Å². The Labute approximate surface area is 154 Å². The summed E-state index contributed by atoms with van der Waals surface area (Å²) in [6.45, 7) is 5.30. The van der Waals surface area contributed by atoms with E-state index in [-0.39, 0.29) is 11.4 Å². The van der Waals surface area contributed by atoms with Crippen LogP contribution in [0, 0.1) is 20.8 Å². The first-order valence-electron chi connectivity index (χ1n) is 8.17. The molecule has 1 unspecified atom stereocenters. The molecule has 0 aliphatic heterocycles. The molecular formula is C19H25NO5S. The lowest BCUT2D eigenvalue weighted by atomic mass is 10.1. The second-order valence-electron chi connectivity index (χ2n) is 6.21. The van der Waals surface area contributed by atoms with Gasteiger partial charge >= 0.3 is 0 Å². The Morgan fingerprint density at radius 2 is 1.58 bits per heavy atom. The van der Waals surface area contributed by atoms with E-state index < -0.39 is 16.1 Å². The van der Waals surface area contributed by atoms with Crippen LogP contribution >= 0.6 is 0 Å². The van der Waals surface area contributed by atoms with Gasteiger partial charge in [0.2, 0.25) is 10.0 Å². The van der Waals surface area contributed by atoms with Gasteiger partial charge < -0.3 is 14.6 Å². The summed E-state index contributed by atoms with van der Waals surface area (Å²) in [4.78, 5) is 0.252. The van der Waals surface area contributed by atoms with Crippen molar-refractivity contribution in [2.24, 2.45) is 0 Å². The average Bonchev–Trinajstić information content (AvgIpc) is 2.57. The van der Waals surface area contributed by atoms with Gasteiger partial charge in [-0.3, -0.25) is 0 Å². The predicted octanol–water partition coefficient (Wildman–Crippen LogP) is 2.64. The molecule has 0 bridgehead atoms. The summed E-state index contributed by atoms with van der Waals surface area (Å²) in [5.74, 6) is 1.01. The lowest BCUT2D eigenvalue weighted by Crippen LogP contribution is -2.29. The number of nitrogens with one attached hydrogen (secondary N) is 1. The monoisotopic (exact) mass is 379 g/mol. The highest BCUT2D eigenvalue weighted by atomic mass is 32.2. The molecule has 6 nitrogen and oxygen atoms in total. The first kappa shape index (κ1) is 20.2. The van der Waals surface area contributed by atoms with Gasteiger partial charge in [0, 0.05) is 6.54 Å². The van der Waals surface area contributed by atoms with Gasteiger partial charge in [-0.2, -0.15) is 0 Å². The Morgan fingerprint density at radius 3 is 2.12 bits per heavy atom. The molecule has 0 fully saturated rings. The number of methoxy groups -OCH3 is 2. The van der Waals surface area contributed by atoms with Crippen LogP contribution in [0.4, 0.5) is 0 Å². The van der Waals surface area contributed by atoms with E-state index in [2.05, 4.69) is 4.72 Å². The molecule has 0 spiro atoms. The molecule has 0 saturated heterocycles. The van der Waals surface area contributed by atoms with Gasteiger partial charge in [0.15, 0.2) is 11.5 Å². The third-order valence-corrected chi connectivity index (χ3v) is 5.86. The van der Waals surface area contributed by atoms with Crippen LogP contribution in [-0.2, 0) is 10.0 Å². The molecule has 2 aromatic rings. The second kappa shape index (κ2) is 8.07. The van der Waals surface area contributed by atoms with E-state index in [9.17, 15) is 13.5 Å². The summed E-state index contributed by atoms with van der Waals surface area (Å²) in [5, 5.41) is 10.4. The van der Waals surface area contributed by atoms with E-state index in [4.69, 9.17) is 9.47 Å². The predicted molar refractivity (Wildman–Crippen MR) is 100 cm³/mol. The Morgan fingerprint density at radius 1 is 1.00 bits per heavy atom. The lowest BCUT2D eigenvalue weighted by Gasteiger charge is -2.17. The number of sulfonamides is 1. The van der Waals surface area contributed by atoms with E-state index in [1.54, 1.807) is 32.0 Å². The zero-order valence-corrected chi connectivity index (χ0v) is 16.5. The third-order valence-electron chi connectivity index (χ3n) is 4.13. The standard InChI is InChI=1S/C19H25NO5S/c1-12-8-13(2)19(14(3)9-12)26(22,23)20-11-16(21)15-6-7-17(24-4)18(10-15)25-5/h6-10,16,20-21H,11H2,1-5H3. The highest BCUT2D eigenvalue weighted by molar-refractivity contribution is 7.89. The van der Waals surface area contributed by atoms with Gasteiger partial charge in [0.1, 0.15) is 0 Å². The maximum absolute atomic E-state index is 12.7. The van der Waals surface area contributed by atoms with E-state index in [1.165, 1.54) is 14.2 Å². The molecule has 2 N–H and O–H groups in total. The minimum Gasteiger partial charge on any atom is -0.493 e. The van der Waals surface area contributed by atoms with Crippen molar-refractivity contribution in [3.63, 3.8) is 0 Å². The molecule has 0 aliphatic carbocycles. The number of hydrogen-bond donors (Lipinski definition) is 2. The summed E-state index contributed by atoms with van der Waals surface area (Å²) in [5.41, 5.74) is 2.89. The van der Waals surface area contributed by atoms with Crippen LogP contribution in [0.25, 0.3) is 0 Å². The van der Waals surface area contributed by atoms with Gasteiger partial charge in [-0.1, -0.05) is 23.8 Å². The van der Waals surface area contributed by atoms with E-state index in [0.717, 1.165) is 5.56 Å². The van der Waals surface area contributed by atoms with Crippen molar-refractivity contribution in [1.82, 2.24) is 4.72 Å². The van der Waals surface area contributed by atoms with Crippen LogP contribution < -0.4 is 14.2 Å². The van der Waals surface area contributed by atoms with Gasteiger partial charge in [0.05, 0.1) is 25.2 Å². The van der Waals surface area contributed by atoms with Crippen LogP contribution in [0.15, 0.2) is 35.2 Å². The van der Waals surface area contributed by atoms with Crippen molar-refractivity contribution in [2.75, 3.05) is 20.8 Å². The van der Waals surface area contributed by atoms with Crippen molar-refractivity contribution >= 4 is 10.0 Å². The molecule has 2 aromatic carbocycles. The SMILES string of the molecule is COc1ccc(C(O)CNS(=O)(=O)c2c(C)cc(C)cc2C)cc1OC. The van der Waals surface area contributed by atoms with Crippen molar-refractivity contribution < 1.29 is 23.0 Å². The van der Waals surface area contributed by atoms with Crippen molar-refractivity contribution in [2.45, 2.75) is 31.8 Å². The third kappa shape index (κ3) is 4.35. The number of hydrogen-bond acceptors (Lipinski definition) is 5. The highest BCUT2D eigenvalue weighted by Gasteiger charge is 2.21. The smallest absolute Gasteiger partial charge is 0.241 e. The maximum atomic E-state index is 12.7. The number of ether oxygens (including phenoxy) is 2. The zero-order valence-electron chi connectivity index (χ0n) is 15.7. The fraction of sp³-hybridized carbons (Fsp3) is 0.368. The topological polar surface area (TPSA) is 84.9 Å². The maximum Gasteiger partial charge on any atom is 0.241 e. The Bertz CT molecular complexity index is 870. The molecule has 7 heteroatoms. The van der Waals surface area contributed by atoms with Crippen LogP contribution in [0.1, 0.15) is 28.4 Å². The second-order valence-corrected chi connectivity index (χ2v) is 7.91. The molecule has 0 aliphatic rings. The van der Waals surface area contributed by atoms with Crippen molar-refractivity contribution in [1.29, 1.82) is 0 Å². The molecule has 0 heterocycles. The summed E-state index contributed by atoms with van der Waals surface area (Å²) in [7, 11) is -0.714. The van der Waals surface area contributed by atoms with E-state index in [0.29, 0.717) is 28.2 Å². The Balaban J connectivity index is 2.20. The zero-order chi connectivity index (χ0) is 19.5. The molecule has 142 valence electrons. The summed E-state index contributed by atoms with van der Waals surface area (Å²) >= 11 is 0. The highest BCUT2D eigenvalue weighted by Crippen LogP contribution is 2.30. The number of rotatable bonds is 7. The fourth-order valence-corrected chi connectivity index (χ4v) is 4.52. The van der Waals surface area contributed by atoms with Crippen molar-refractivity contribution in [3.05, 3.63) is 52.6 Å². The van der Waals surface area contributed by atoms with Crippen molar-refractivity contribution in [3.8, 4) is 11.5 Å². The minimum atomic E-state index is -3.74. The van der Waals surface area contributed by atoms with Crippen LogP contribution in [-0.4, -0.2) is 34.3 Å². The quantitative estimate of drug-likeness (QED) is 0.773. The summed E-state index contributed by atoms with van der Waals surface area (Å²) in [6.07, 6.45) is -1.02. The molecule has 26 heavy (non-hydrogen) atoms. The number of aliphatic hydroxyl groups excluding tert-OH is 1. The normalized spacial score (nSPS) is 12.7. The van der Waals surface area contributed by atoms with Gasteiger partial charge in [-0.25, -0.2) is 13.1 Å². The van der Waals surface area contributed by atoms with Gasteiger partial charge in [-0.05, 0) is 49.6 Å². The first-order valence-corrected chi connectivity index (χ1v) is 9.65. The fourth-order valence-electron chi connectivity index (χ4n) is 3.03. The molecule has 0 saturated carbocycles. The molecule has 0 radical (unpaired) electrons. The summed E-state index contributed by atoms with van der Waals surface area (Å²) in [6, 6.07) is 8.61. The lowest BCUT2D eigenvalue weighted by molar-refractivity contribution is 0.181. The van der Waals surface area contributed by atoms with Crippen LogP contribution in [0.3, 0.4) is 0 Å². The van der Waals surface area contributed by atoms with Crippen LogP contribution in [0.5, 0.6) is 11.5 Å². The Hall–Kier alpha value is -2.09. The summed E-state index contributed by atoms with van der Waals surface area (Å²) < 4.78 is 38.2. The molecule has 0 amide bonds. The largest absolute Gasteiger partial charge is 0.493 e. The first-order chi connectivity index (χ1) is 12.2.